The van der Waals surface area contributed by atoms with Crippen LogP contribution in [0.15, 0.2) is 0 Å². The van der Waals surface area contributed by atoms with E-state index in [9.17, 15) is 0 Å². The summed E-state index contributed by atoms with van der Waals surface area (Å²) in [5.41, 5.74) is 0. The molecule has 0 saturated carbocycles. The fourth-order valence-electron chi connectivity index (χ4n) is 0.144. The van der Waals surface area contributed by atoms with Gasteiger partial charge in [-0.05, 0) is 0 Å². The molecular weight excluding hydrogens is 347 g/mol. The second-order valence-corrected chi connectivity index (χ2v) is 0.816. The van der Waals surface area contributed by atoms with E-state index in [1.165, 1.54) is 0 Å². The topological polar surface area (TPSA) is 12.0 Å². The molecule has 0 fully saturated rings. The Morgan fingerprint density at radius 2 is 2.00 bits per heavy atom. The van der Waals surface area contributed by atoms with Gasteiger partial charge >= 0.3 is 21.1 Å². The number of nitrogens with one attached hydrogen (secondary N) is 1. The third kappa shape index (κ3) is 25.1. The average molecular weight is 359 g/mol. The van der Waals surface area contributed by atoms with Crippen molar-refractivity contribution in [1.29, 1.82) is 0 Å². The SMILES string of the molecule is [CH2-]N[CH-]CC.[CH3-].[W+2].[Y]. The van der Waals surface area contributed by atoms with Gasteiger partial charge in [-0.25, -0.2) is 0 Å². The fraction of sp³-hybridized carbons (Fsp3) is 0.400. The van der Waals surface area contributed by atoms with Crippen molar-refractivity contribution < 1.29 is 53.8 Å². The van der Waals surface area contributed by atoms with Gasteiger partial charge in [-0.2, -0.15) is 6.42 Å². The normalized spacial score (nSPS) is 5.25. The predicted octanol–water partition coefficient (Wildman–Crippen LogP) is 1.38. The van der Waals surface area contributed by atoms with Crippen LogP contribution in [0.25, 0.3) is 0 Å². The molecule has 0 amide bonds. The van der Waals surface area contributed by atoms with Gasteiger partial charge < -0.3 is 26.3 Å². The minimum Gasteiger partial charge on any atom is -0.621 e. The van der Waals surface area contributed by atoms with Crippen molar-refractivity contribution in [1.82, 2.24) is 5.32 Å². The van der Waals surface area contributed by atoms with Crippen LogP contribution in [0.5, 0.6) is 0 Å². The first kappa shape index (κ1) is 22.6. The molecule has 0 bridgehead atoms. The minimum atomic E-state index is 0. The van der Waals surface area contributed by atoms with Crippen molar-refractivity contribution >= 4 is 0 Å². The van der Waals surface area contributed by atoms with Gasteiger partial charge in [0.05, 0.1) is 0 Å². The van der Waals surface area contributed by atoms with Crippen LogP contribution in [0.3, 0.4) is 0 Å². The van der Waals surface area contributed by atoms with Crippen LogP contribution in [0, 0.1) is 21.0 Å². The second-order valence-electron chi connectivity index (χ2n) is 0.816. The molecule has 0 aromatic rings. The van der Waals surface area contributed by atoms with E-state index in [0.29, 0.717) is 0 Å². The standard InChI is InChI=1S/C4H9N.CH3.W.Y/c1-3-4-5-2;;;/h4-5H,2-3H2,1H3;1H3;;/q-2;-1;+2;. The molecule has 0 unspecified atom stereocenters. The maximum atomic E-state index is 3.37. The quantitative estimate of drug-likeness (QED) is 0.735. The van der Waals surface area contributed by atoms with Crippen molar-refractivity contribution in [3.63, 3.8) is 0 Å². The fourth-order valence-corrected chi connectivity index (χ4v) is 0.144. The van der Waals surface area contributed by atoms with E-state index < -0.39 is 0 Å². The Labute approximate surface area is 92.5 Å². The van der Waals surface area contributed by atoms with Gasteiger partial charge in [-0.3, -0.25) is 0 Å². The summed E-state index contributed by atoms with van der Waals surface area (Å²) in [5.74, 6) is 0. The molecule has 0 spiro atoms. The molecule has 0 atom stereocenters. The van der Waals surface area contributed by atoms with Crippen molar-refractivity contribution in [2.75, 3.05) is 0 Å². The molecule has 0 aromatic carbocycles. The van der Waals surface area contributed by atoms with Crippen molar-refractivity contribution in [3.8, 4) is 0 Å². The Hall–Kier alpha value is 1.75. The van der Waals surface area contributed by atoms with Gasteiger partial charge in [0.25, 0.3) is 0 Å². The zero-order valence-electron chi connectivity index (χ0n) is 5.48. The molecule has 0 aliphatic carbocycles. The summed E-state index contributed by atoms with van der Waals surface area (Å²) in [5, 5.41) is 2.64. The Morgan fingerprint density at radius 1 is 1.62 bits per heavy atom. The van der Waals surface area contributed by atoms with E-state index in [1.807, 2.05) is 6.54 Å². The van der Waals surface area contributed by atoms with E-state index in [0.717, 1.165) is 6.42 Å². The predicted molar refractivity (Wildman–Crippen MR) is 29.5 cm³/mol. The molecule has 3 heteroatoms. The monoisotopic (exact) mass is 359 g/mol. The van der Waals surface area contributed by atoms with E-state index in [4.69, 9.17) is 0 Å². The molecule has 1 radical (unpaired) electrons. The summed E-state index contributed by atoms with van der Waals surface area (Å²) in [6.45, 7) is 3.94. The number of hydrogen-bond donors (Lipinski definition) is 1. The van der Waals surface area contributed by atoms with Gasteiger partial charge in [0, 0.05) is 32.7 Å². The summed E-state index contributed by atoms with van der Waals surface area (Å²) < 4.78 is 0. The third-order valence-corrected chi connectivity index (χ3v) is 0.348. The number of hydrogen-bond acceptors (Lipinski definition) is 1. The summed E-state index contributed by atoms with van der Waals surface area (Å²) in [6.07, 6.45) is 1.05. The van der Waals surface area contributed by atoms with Crippen LogP contribution >= 0.6 is 0 Å². The summed E-state index contributed by atoms with van der Waals surface area (Å²) in [4.78, 5) is 0. The van der Waals surface area contributed by atoms with Gasteiger partial charge in [0.15, 0.2) is 0 Å². The maximum Gasteiger partial charge on any atom is 2.00 e. The molecule has 1 nitrogen and oxygen atoms in total. The molecule has 0 saturated heterocycles. The average Bonchev–Trinajstić information content (AvgIpc) is 1.41. The Kier molecular flexibility index (Phi) is 65.7. The van der Waals surface area contributed by atoms with Gasteiger partial charge in [0.1, 0.15) is 0 Å². The van der Waals surface area contributed by atoms with Gasteiger partial charge in [-0.15, -0.1) is 0 Å². The van der Waals surface area contributed by atoms with Crippen LogP contribution < -0.4 is 5.32 Å². The Balaban J connectivity index is -0.0000000267. The molecule has 0 rings (SSSR count). The molecule has 0 aliphatic rings. The Bertz CT molecular complexity index is 19.9. The van der Waals surface area contributed by atoms with Crippen LogP contribution in [-0.4, -0.2) is 0 Å². The van der Waals surface area contributed by atoms with Gasteiger partial charge in [0.2, 0.25) is 0 Å². The zero-order chi connectivity index (χ0) is 4.12. The van der Waals surface area contributed by atoms with Crippen LogP contribution in [0.4, 0.5) is 0 Å². The smallest absolute Gasteiger partial charge is 0.621 e. The number of rotatable bonds is 2. The third-order valence-electron chi connectivity index (χ3n) is 0.348. The molecule has 0 aromatic heterocycles. The summed E-state index contributed by atoms with van der Waals surface area (Å²) in [6, 6.07) is 0. The Morgan fingerprint density at radius 3 is 2.00 bits per heavy atom. The van der Waals surface area contributed by atoms with E-state index in [1.54, 1.807) is 0 Å². The zero-order valence-corrected chi connectivity index (χ0v) is 11.2. The maximum absolute atomic E-state index is 3.37. The molecule has 1 N–H and O–H groups in total. The van der Waals surface area contributed by atoms with Crippen LogP contribution in [0.2, 0.25) is 0 Å². The molecule has 0 heterocycles. The minimum absolute atomic E-state index is 0. The summed E-state index contributed by atoms with van der Waals surface area (Å²) in [7, 11) is 3.37. The van der Waals surface area contributed by atoms with Crippen LogP contribution in [-0.2, 0) is 53.8 Å². The molecule has 0 aliphatic heterocycles. The second kappa shape index (κ2) is 23.3. The first-order valence-electron chi connectivity index (χ1n) is 1.76. The summed E-state index contributed by atoms with van der Waals surface area (Å²) >= 11 is 0. The molecule has 47 valence electrons. The van der Waals surface area contributed by atoms with E-state index in [-0.39, 0.29) is 61.2 Å². The van der Waals surface area contributed by atoms with E-state index >= 15 is 0 Å². The van der Waals surface area contributed by atoms with Crippen molar-refractivity contribution in [3.05, 3.63) is 21.0 Å². The van der Waals surface area contributed by atoms with Crippen LogP contribution in [0.1, 0.15) is 13.3 Å². The molecular formula is C5H12NWY-. The molecule has 8 heavy (non-hydrogen) atoms. The largest absolute Gasteiger partial charge is 2.00 e. The van der Waals surface area contributed by atoms with E-state index in [2.05, 4.69) is 19.3 Å². The van der Waals surface area contributed by atoms with Crippen molar-refractivity contribution in [2.45, 2.75) is 13.3 Å². The van der Waals surface area contributed by atoms with Crippen molar-refractivity contribution in [2.24, 2.45) is 0 Å². The first-order valence-corrected chi connectivity index (χ1v) is 1.76. The van der Waals surface area contributed by atoms with Gasteiger partial charge in [-0.1, -0.05) is 6.92 Å². The first-order chi connectivity index (χ1) is 2.41.